The number of anilines is 1. The van der Waals surface area contributed by atoms with E-state index in [1.165, 1.54) is 5.71 Å². The van der Waals surface area contributed by atoms with E-state index >= 15 is 0 Å². The highest BCUT2D eigenvalue weighted by atomic mass is 35.5. The third-order valence-corrected chi connectivity index (χ3v) is 3.31. The van der Waals surface area contributed by atoms with Crippen LogP contribution in [0.15, 0.2) is 29.4 Å². The number of hydrogen-bond acceptors (Lipinski definition) is 3. The van der Waals surface area contributed by atoms with E-state index in [2.05, 4.69) is 17.0 Å². The number of benzene rings is 1. The van der Waals surface area contributed by atoms with Crippen molar-refractivity contribution >= 4 is 23.0 Å². The molecule has 0 N–H and O–H groups in total. The topological polar surface area (TPSA) is 18.8 Å². The zero-order valence-electron chi connectivity index (χ0n) is 10.4. The van der Waals surface area contributed by atoms with Crippen LogP contribution in [0.4, 0.5) is 5.69 Å². The molecule has 1 saturated heterocycles. The summed E-state index contributed by atoms with van der Waals surface area (Å²) >= 11 is 5.86. The average Bonchev–Trinajstić information content (AvgIpc) is 2.33. The molecule has 0 bridgehead atoms. The van der Waals surface area contributed by atoms with E-state index < -0.39 is 0 Å². The van der Waals surface area contributed by atoms with Crippen LogP contribution in [-0.4, -0.2) is 37.8 Å². The minimum atomic E-state index is 0.758. The molecule has 1 aromatic rings. The van der Waals surface area contributed by atoms with Gasteiger partial charge in [0.1, 0.15) is 0 Å². The number of halogens is 1. The summed E-state index contributed by atoms with van der Waals surface area (Å²) in [7, 11) is 4.13. The molecule has 1 aliphatic heterocycles. The first-order valence-corrected chi connectivity index (χ1v) is 6.27. The monoisotopic (exact) mass is 251 g/mol. The van der Waals surface area contributed by atoms with Crippen LogP contribution >= 0.6 is 11.6 Å². The zero-order valence-corrected chi connectivity index (χ0v) is 11.1. The van der Waals surface area contributed by atoms with Gasteiger partial charge in [0.25, 0.3) is 0 Å². The summed E-state index contributed by atoms with van der Waals surface area (Å²) in [6.45, 7) is 2.21. The second-order valence-corrected chi connectivity index (χ2v) is 4.91. The minimum Gasteiger partial charge on any atom is -0.306 e. The molecule has 0 aliphatic carbocycles. The Balaban J connectivity index is 2.03. The number of piperidine rings is 1. The molecule has 0 atom stereocenters. The lowest BCUT2D eigenvalue weighted by atomic mass is 10.1. The molecule has 0 unspecified atom stereocenters. The summed E-state index contributed by atoms with van der Waals surface area (Å²) in [6, 6.07) is 7.76. The van der Waals surface area contributed by atoms with E-state index in [1.807, 2.05) is 36.3 Å². The first kappa shape index (κ1) is 12.4. The molecule has 0 radical (unpaired) electrons. The Morgan fingerprint density at radius 2 is 1.76 bits per heavy atom. The summed E-state index contributed by atoms with van der Waals surface area (Å²) in [5.41, 5.74) is 2.35. The molecule has 3 nitrogen and oxygen atoms in total. The Morgan fingerprint density at radius 1 is 1.18 bits per heavy atom. The van der Waals surface area contributed by atoms with Crippen LogP contribution in [-0.2, 0) is 0 Å². The molecule has 0 aromatic heterocycles. The lowest BCUT2D eigenvalue weighted by Crippen LogP contribution is -2.31. The van der Waals surface area contributed by atoms with Crippen molar-refractivity contribution in [2.75, 3.05) is 32.2 Å². The minimum absolute atomic E-state index is 0.758. The van der Waals surface area contributed by atoms with Crippen molar-refractivity contribution in [3.05, 3.63) is 29.3 Å². The number of likely N-dealkylation sites (tertiary alicyclic amines) is 1. The first-order chi connectivity index (χ1) is 8.15. The second-order valence-electron chi connectivity index (χ2n) is 4.47. The molecule has 0 amide bonds. The van der Waals surface area contributed by atoms with Gasteiger partial charge in [-0.2, -0.15) is 5.10 Å². The van der Waals surface area contributed by atoms with Gasteiger partial charge < -0.3 is 4.90 Å². The highest BCUT2D eigenvalue weighted by Gasteiger charge is 2.12. The Kier molecular flexibility index (Phi) is 4.02. The lowest BCUT2D eigenvalue weighted by Gasteiger charge is -2.24. The van der Waals surface area contributed by atoms with E-state index in [1.54, 1.807) is 0 Å². The van der Waals surface area contributed by atoms with Gasteiger partial charge in [-0.1, -0.05) is 11.6 Å². The molecule has 0 saturated carbocycles. The van der Waals surface area contributed by atoms with E-state index in [0.717, 1.165) is 36.6 Å². The average molecular weight is 252 g/mol. The van der Waals surface area contributed by atoms with E-state index in [-0.39, 0.29) is 0 Å². The van der Waals surface area contributed by atoms with Crippen molar-refractivity contribution < 1.29 is 0 Å². The molecular formula is C13H18ClN3. The fourth-order valence-corrected chi connectivity index (χ4v) is 2.03. The maximum absolute atomic E-state index is 5.86. The quantitative estimate of drug-likeness (QED) is 0.753. The predicted octanol–water partition coefficient (Wildman–Crippen LogP) is 2.86. The SMILES string of the molecule is CN1CCC(=NN(C)c2ccc(Cl)cc2)CC1. The summed E-state index contributed by atoms with van der Waals surface area (Å²) in [5.74, 6) is 0. The maximum atomic E-state index is 5.86. The third-order valence-electron chi connectivity index (χ3n) is 3.06. The largest absolute Gasteiger partial charge is 0.306 e. The Hall–Kier alpha value is -1.06. The van der Waals surface area contributed by atoms with Crippen LogP contribution in [0.3, 0.4) is 0 Å². The Bertz CT molecular complexity index is 390. The summed E-state index contributed by atoms with van der Waals surface area (Å²) in [5, 5.41) is 7.34. The van der Waals surface area contributed by atoms with Crippen LogP contribution in [0.5, 0.6) is 0 Å². The normalized spacial score (nSPS) is 17.0. The van der Waals surface area contributed by atoms with Gasteiger partial charge in [-0.25, -0.2) is 0 Å². The lowest BCUT2D eigenvalue weighted by molar-refractivity contribution is 0.335. The number of hydrogen-bond donors (Lipinski definition) is 0. The smallest absolute Gasteiger partial charge is 0.0591 e. The van der Waals surface area contributed by atoms with Crippen molar-refractivity contribution in [2.45, 2.75) is 12.8 Å². The molecule has 2 rings (SSSR count). The van der Waals surface area contributed by atoms with Gasteiger partial charge in [0, 0.05) is 43.7 Å². The van der Waals surface area contributed by atoms with E-state index in [4.69, 9.17) is 11.6 Å². The molecule has 4 heteroatoms. The first-order valence-electron chi connectivity index (χ1n) is 5.89. The van der Waals surface area contributed by atoms with Gasteiger partial charge in [0.05, 0.1) is 5.69 Å². The molecule has 1 aliphatic rings. The van der Waals surface area contributed by atoms with Crippen molar-refractivity contribution in [1.29, 1.82) is 0 Å². The molecule has 1 heterocycles. The zero-order chi connectivity index (χ0) is 12.3. The van der Waals surface area contributed by atoms with Gasteiger partial charge in [-0.3, -0.25) is 5.01 Å². The summed E-state index contributed by atoms with van der Waals surface area (Å²) < 4.78 is 0. The highest BCUT2D eigenvalue weighted by Crippen LogP contribution is 2.18. The number of rotatable bonds is 2. The van der Waals surface area contributed by atoms with Crippen LogP contribution in [0, 0.1) is 0 Å². The maximum Gasteiger partial charge on any atom is 0.0591 e. The Morgan fingerprint density at radius 3 is 2.35 bits per heavy atom. The summed E-state index contributed by atoms with van der Waals surface area (Å²) in [6.07, 6.45) is 2.13. The van der Waals surface area contributed by atoms with Crippen LogP contribution in [0.1, 0.15) is 12.8 Å². The van der Waals surface area contributed by atoms with Gasteiger partial charge in [0.15, 0.2) is 0 Å². The van der Waals surface area contributed by atoms with Crippen LogP contribution in [0.2, 0.25) is 5.02 Å². The van der Waals surface area contributed by atoms with Crippen LogP contribution < -0.4 is 5.01 Å². The highest BCUT2D eigenvalue weighted by molar-refractivity contribution is 6.30. The van der Waals surface area contributed by atoms with Crippen molar-refractivity contribution in [3.63, 3.8) is 0 Å². The van der Waals surface area contributed by atoms with E-state index in [9.17, 15) is 0 Å². The Labute approximate surface area is 108 Å². The van der Waals surface area contributed by atoms with Gasteiger partial charge in [-0.15, -0.1) is 0 Å². The fraction of sp³-hybridized carbons (Fsp3) is 0.462. The summed E-state index contributed by atoms with van der Waals surface area (Å²) in [4.78, 5) is 2.33. The van der Waals surface area contributed by atoms with Gasteiger partial charge in [-0.05, 0) is 31.3 Å². The number of nitrogens with zero attached hydrogens (tertiary/aromatic N) is 3. The van der Waals surface area contributed by atoms with Gasteiger partial charge in [0.2, 0.25) is 0 Å². The number of hydrazone groups is 1. The second kappa shape index (κ2) is 5.52. The fourth-order valence-electron chi connectivity index (χ4n) is 1.90. The van der Waals surface area contributed by atoms with Crippen LogP contribution in [0.25, 0.3) is 0 Å². The molecular weight excluding hydrogens is 234 g/mol. The molecule has 0 spiro atoms. The third kappa shape index (κ3) is 3.45. The van der Waals surface area contributed by atoms with Crippen molar-refractivity contribution in [3.8, 4) is 0 Å². The molecule has 92 valence electrons. The molecule has 1 fully saturated rings. The molecule has 17 heavy (non-hydrogen) atoms. The van der Waals surface area contributed by atoms with Crippen molar-refractivity contribution in [2.24, 2.45) is 5.10 Å². The molecule has 1 aromatic carbocycles. The predicted molar refractivity (Wildman–Crippen MR) is 74.0 cm³/mol. The van der Waals surface area contributed by atoms with Gasteiger partial charge >= 0.3 is 0 Å². The van der Waals surface area contributed by atoms with Crippen molar-refractivity contribution in [1.82, 2.24) is 4.90 Å². The standard InChI is InChI=1S/C13H18ClN3/c1-16-9-7-12(8-10-16)15-17(2)13-5-3-11(14)4-6-13/h3-6H,7-10H2,1-2H3. The van der Waals surface area contributed by atoms with E-state index in [0.29, 0.717) is 0 Å².